The highest BCUT2D eigenvalue weighted by Crippen LogP contribution is 2.14. The summed E-state index contributed by atoms with van der Waals surface area (Å²) in [6.07, 6.45) is 4.70. The Hall–Kier alpha value is -1.69. The third kappa shape index (κ3) is 3.90. The van der Waals surface area contributed by atoms with E-state index in [0.717, 1.165) is 38.3 Å². The lowest BCUT2D eigenvalue weighted by Gasteiger charge is -2.26. The summed E-state index contributed by atoms with van der Waals surface area (Å²) in [5.74, 6) is 0.277. The Bertz CT molecular complexity index is 428. The highest BCUT2D eigenvalue weighted by molar-refractivity contribution is 5.90. The van der Waals surface area contributed by atoms with Crippen LogP contribution in [0.3, 0.4) is 0 Å². The maximum absolute atomic E-state index is 11.0. The van der Waals surface area contributed by atoms with Crippen LogP contribution in [-0.4, -0.2) is 41.8 Å². The third-order valence-electron chi connectivity index (χ3n) is 3.61. The number of amides is 1. The molecule has 1 aliphatic rings. The number of hydrogen-bond donors (Lipinski definition) is 2. The molecular formula is C14H23N5O. The number of anilines is 1. The van der Waals surface area contributed by atoms with Gasteiger partial charge >= 0.3 is 0 Å². The highest BCUT2D eigenvalue weighted by atomic mass is 16.1. The standard InChI is InChI=1S/C14H23N5O/c1-2-3-9-19(10-11-5-4-8-16-11)13-7-6-12(14(15)20)17-18-13/h6-7,11,16H,2-5,8-10H2,1H3,(H2,15,20). The number of aromatic nitrogens is 2. The maximum Gasteiger partial charge on any atom is 0.269 e. The number of hydrogen-bond acceptors (Lipinski definition) is 5. The van der Waals surface area contributed by atoms with Gasteiger partial charge in [-0.2, -0.15) is 0 Å². The van der Waals surface area contributed by atoms with E-state index in [9.17, 15) is 4.79 Å². The van der Waals surface area contributed by atoms with Crippen molar-refractivity contribution in [3.05, 3.63) is 17.8 Å². The van der Waals surface area contributed by atoms with Gasteiger partial charge in [0.2, 0.25) is 0 Å². The molecule has 0 radical (unpaired) electrons. The molecule has 1 aromatic heterocycles. The van der Waals surface area contributed by atoms with E-state index in [4.69, 9.17) is 5.73 Å². The molecule has 0 aliphatic carbocycles. The van der Waals surface area contributed by atoms with Gasteiger partial charge < -0.3 is 16.0 Å². The summed E-state index contributed by atoms with van der Waals surface area (Å²) in [5, 5.41) is 11.5. The molecule has 3 N–H and O–H groups in total. The van der Waals surface area contributed by atoms with Gasteiger partial charge in [-0.3, -0.25) is 4.79 Å². The van der Waals surface area contributed by atoms with Crippen molar-refractivity contribution in [2.24, 2.45) is 5.73 Å². The van der Waals surface area contributed by atoms with Crippen LogP contribution in [0.5, 0.6) is 0 Å². The molecule has 6 nitrogen and oxygen atoms in total. The van der Waals surface area contributed by atoms with Crippen LogP contribution >= 0.6 is 0 Å². The molecule has 1 saturated heterocycles. The van der Waals surface area contributed by atoms with Gasteiger partial charge in [0.25, 0.3) is 5.91 Å². The van der Waals surface area contributed by atoms with Crippen LogP contribution in [0.15, 0.2) is 12.1 Å². The molecule has 1 aliphatic heterocycles. The summed E-state index contributed by atoms with van der Waals surface area (Å²) in [4.78, 5) is 13.3. The molecule has 1 aromatic rings. The van der Waals surface area contributed by atoms with Crippen LogP contribution in [0.2, 0.25) is 0 Å². The van der Waals surface area contributed by atoms with Crippen LogP contribution in [0.4, 0.5) is 5.82 Å². The predicted octanol–water partition coefficient (Wildman–Crippen LogP) is 0.934. The van der Waals surface area contributed by atoms with Gasteiger partial charge in [0, 0.05) is 19.1 Å². The Labute approximate surface area is 119 Å². The number of carbonyl (C=O) groups is 1. The van der Waals surface area contributed by atoms with Crippen LogP contribution in [-0.2, 0) is 0 Å². The monoisotopic (exact) mass is 277 g/mol. The molecule has 0 spiro atoms. The number of unbranched alkanes of at least 4 members (excludes halogenated alkanes) is 1. The zero-order valence-electron chi connectivity index (χ0n) is 12.0. The molecule has 1 atom stereocenters. The second kappa shape index (κ2) is 7.19. The number of carbonyl (C=O) groups excluding carboxylic acids is 1. The Kier molecular flexibility index (Phi) is 5.29. The van der Waals surface area contributed by atoms with Gasteiger partial charge in [0.05, 0.1) is 0 Å². The second-order valence-electron chi connectivity index (χ2n) is 5.23. The van der Waals surface area contributed by atoms with Crippen LogP contribution in [0.25, 0.3) is 0 Å². The first kappa shape index (κ1) is 14.7. The molecular weight excluding hydrogens is 254 g/mol. The summed E-state index contributed by atoms with van der Waals surface area (Å²) in [6.45, 7) is 5.16. The van der Waals surface area contributed by atoms with Crippen molar-refractivity contribution in [2.75, 3.05) is 24.5 Å². The first-order chi connectivity index (χ1) is 9.70. The topological polar surface area (TPSA) is 84.1 Å². The summed E-state index contributed by atoms with van der Waals surface area (Å²) in [5.41, 5.74) is 5.40. The second-order valence-corrected chi connectivity index (χ2v) is 5.23. The molecule has 0 bridgehead atoms. The highest BCUT2D eigenvalue weighted by Gasteiger charge is 2.19. The van der Waals surface area contributed by atoms with Gasteiger partial charge in [0.1, 0.15) is 0 Å². The van der Waals surface area contributed by atoms with E-state index in [0.29, 0.717) is 6.04 Å². The Morgan fingerprint density at radius 3 is 2.90 bits per heavy atom. The van der Waals surface area contributed by atoms with Gasteiger partial charge in [0.15, 0.2) is 11.5 Å². The first-order valence-corrected chi connectivity index (χ1v) is 7.32. The zero-order valence-corrected chi connectivity index (χ0v) is 12.0. The van der Waals surface area contributed by atoms with Gasteiger partial charge in [-0.05, 0) is 37.9 Å². The number of primary amides is 1. The van der Waals surface area contributed by atoms with E-state index in [1.165, 1.54) is 12.8 Å². The number of nitrogens with one attached hydrogen (secondary N) is 1. The smallest absolute Gasteiger partial charge is 0.269 e. The summed E-state index contributed by atoms with van der Waals surface area (Å²) >= 11 is 0. The lowest BCUT2D eigenvalue weighted by molar-refractivity contribution is 0.0994. The van der Waals surface area contributed by atoms with Crippen molar-refractivity contribution >= 4 is 11.7 Å². The number of rotatable bonds is 7. The Morgan fingerprint density at radius 1 is 1.50 bits per heavy atom. The summed E-state index contributed by atoms with van der Waals surface area (Å²) in [7, 11) is 0. The van der Waals surface area contributed by atoms with Crippen molar-refractivity contribution in [3.63, 3.8) is 0 Å². The molecule has 1 fully saturated rings. The molecule has 110 valence electrons. The molecule has 1 amide bonds. The predicted molar refractivity (Wildman–Crippen MR) is 78.7 cm³/mol. The van der Waals surface area contributed by atoms with Crippen LogP contribution in [0.1, 0.15) is 43.1 Å². The summed E-state index contributed by atoms with van der Waals surface area (Å²) in [6, 6.07) is 3.99. The summed E-state index contributed by atoms with van der Waals surface area (Å²) < 4.78 is 0. The number of nitrogens with zero attached hydrogens (tertiary/aromatic N) is 3. The molecule has 2 rings (SSSR count). The number of nitrogens with two attached hydrogens (primary N) is 1. The normalized spacial score (nSPS) is 18.1. The largest absolute Gasteiger partial charge is 0.364 e. The van der Waals surface area contributed by atoms with E-state index in [1.54, 1.807) is 6.07 Å². The minimum absolute atomic E-state index is 0.211. The molecule has 6 heteroatoms. The fraction of sp³-hybridized carbons (Fsp3) is 0.643. The molecule has 0 aromatic carbocycles. The molecule has 1 unspecified atom stereocenters. The van der Waals surface area contributed by atoms with Crippen molar-refractivity contribution in [1.29, 1.82) is 0 Å². The molecule has 0 saturated carbocycles. The minimum Gasteiger partial charge on any atom is -0.364 e. The van der Waals surface area contributed by atoms with Gasteiger partial charge in [-0.25, -0.2) is 0 Å². The zero-order chi connectivity index (χ0) is 14.4. The lowest BCUT2D eigenvalue weighted by Crippen LogP contribution is -2.38. The third-order valence-corrected chi connectivity index (χ3v) is 3.61. The van der Waals surface area contributed by atoms with Gasteiger partial charge in [-0.15, -0.1) is 10.2 Å². The van der Waals surface area contributed by atoms with Crippen molar-refractivity contribution < 1.29 is 4.79 Å². The van der Waals surface area contributed by atoms with E-state index in [1.807, 2.05) is 6.07 Å². The SMILES string of the molecule is CCCCN(CC1CCCN1)c1ccc(C(N)=O)nn1. The van der Waals surface area contributed by atoms with Crippen molar-refractivity contribution in [3.8, 4) is 0 Å². The first-order valence-electron chi connectivity index (χ1n) is 7.32. The fourth-order valence-electron chi connectivity index (χ4n) is 2.45. The molecule has 20 heavy (non-hydrogen) atoms. The Balaban J connectivity index is 2.05. The Morgan fingerprint density at radius 2 is 2.35 bits per heavy atom. The van der Waals surface area contributed by atoms with E-state index in [-0.39, 0.29) is 5.69 Å². The average molecular weight is 277 g/mol. The molecule has 2 heterocycles. The maximum atomic E-state index is 11.0. The van der Waals surface area contributed by atoms with Crippen LogP contribution in [0, 0.1) is 0 Å². The van der Waals surface area contributed by atoms with Crippen molar-refractivity contribution in [2.45, 2.75) is 38.6 Å². The van der Waals surface area contributed by atoms with E-state index < -0.39 is 5.91 Å². The van der Waals surface area contributed by atoms with Gasteiger partial charge in [-0.1, -0.05) is 13.3 Å². The average Bonchev–Trinajstić information content (AvgIpc) is 2.96. The fourth-order valence-corrected chi connectivity index (χ4v) is 2.45. The van der Waals surface area contributed by atoms with Crippen molar-refractivity contribution in [1.82, 2.24) is 15.5 Å². The quantitative estimate of drug-likeness (QED) is 0.774. The van der Waals surface area contributed by atoms with Crippen LogP contribution < -0.4 is 16.0 Å². The van der Waals surface area contributed by atoms with E-state index in [2.05, 4.69) is 27.3 Å². The lowest BCUT2D eigenvalue weighted by atomic mass is 10.2. The minimum atomic E-state index is -0.540. The van der Waals surface area contributed by atoms with E-state index >= 15 is 0 Å².